The summed E-state index contributed by atoms with van der Waals surface area (Å²) in [6.45, 7) is 4.66. The van der Waals surface area contributed by atoms with Gasteiger partial charge in [-0.3, -0.25) is 0 Å². The Morgan fingerprint density at radius 3 is 2.88 bits per heavy atom. The fourth-order valence-electron chi connectivity index (χ4n) is 1.79. The molecule has 0 saturated carbocycles. The van der Waals surface area contributed by atoms with Gasteiger partial charge in [-0.05, 0) is 46.5 Å². The van der Waals surface area contributed by atoms with E-state index in [2.05, 4.69) is 45.9 Å². The number of aryl methyl sites for hydroxylation is 1. The number of methoxy groups -OCH3 is 1. The van der Waals surface area contributed by atoms with Crippen molar-refractivity contribution >= 4 is 21.6 Å². The lowest BCUT2D eigenvalue weighted by atomic mass is 10.1. The topological polar surface area (TPSA) is 39.4 Å². The van der Waals surface area contributed by atoms with Gasteiger partial charge in [0, 0.05) is 7.11 Å². The third-order valence-corrected chi connectivity index (χ3v) is 3.37. The Hall–Kier alpha value is -0.940. The standard InChI is InChI=1S/C11H14BrN3O/c1-4-8-7(2)5-10-13-9(6-16-3)14-15(10)11(8)12/h5H,4,6H2,1-3H3. The Bertz CT molecular complexity index is 521. The van der Waals surface area contributed by atoms with Crippen LogP contribution in [0.4, 0.5) is 0 Å². The lowest BCUT2D eigenvalue weighted by molar-refractivity contribution is 0.178. The van der Waals surface area contributed by atoms with Gasteiger partial charge in [-0.2, -0.15) is 0 Å². The van der Waals surface area contributed by atoms with Crippen LogP contribution in [0.25, 0.3) is 5.65 Å². The zero-order valence-electron chi connectivity index (χ0n) is 9.62. The number of halogens is 1. The van der Waals surface area contributed by atoms with Crippen molar-refractivity contribution in [3.05, 3.63) is 27.6 Å². The zero-order chi connectivity index (χ0) is 11.7. The number of pyridine rings is 1. The molecule has 0 aliphatic rings. The molecule has 0 saturated heterocycles. The lowest BCUT2D eigenvalue weighted by Gasteiger charge is -2.06. The van der Waals surface area contributed by atoms with Crippen molar-refractivity contribution in [1.29, 1.82) is 0 Å². The van der Waals surface area contributed by atoms with Crippen LogP contribution < -0.4 is 0 Å². The predicted octanol–water partition coefficient (Wildman–Crippen LogP) is 2.51. The summed E-state index contributed by atoms with van der Waals surface area (Å²) in [5.41, 5.74) is 3.35. The third kappa shape index (κ3) is 1.85. The van der Waals surface area contributed by atoms with Gasteiger partial charge in [-0.15, -0.1) is 5.10 Å². The van der Waals surface area contributed by atoms with Crippen LogP contribution in [0.2, 0.25) is 0 Å². The Balaban J connectivity index is 2.63. The fourth-order valence-corrected chi connectivity index (χ4v) is 2.65. The van der Waals surface area contributed by atoms with Gasteiger partial charge < -0.3 is 4.74 Å². The van der Waals surface area contributed by atoms with Gasteiger partial charge in [0.25, 0.3) is 0 Å². The van der Waals surface area contributed by atoms with Crippen LogP contribution >= 0.6 is 15.9 Å². The van der Waals surface area contributed by atoms with Crippen LogP contribution in [0.3, 0.4) is 0 Å². The Labute approximate surface area is 103 Å². The quantitative estimate of drug-likeness (QED) is 0.813. The van der Waals surface area contributed by atoms with E-state index < -0.39 is 0 Å². The maximum atomic E-state index is 5.03. The maximum absolute atomic E-state index is 5.03. The van der Waals surface area contributed by atoms with Crippen molar-refractivity contribution < 1.29 is 4.74 Å². The van der Waals surface area contributed by atoms with E-state index >= 15 is 0 Å². The molecule has 2 aromatic rings. The first kappa shape index (κ1) is 11.5. The van der Waals surface area contributed by atoms with E-state index in [1.54, 1.807) is 7.11 Å². The van der Waals surface area contributed by atoms with Gasteiger partial charge in [0.1, 0.15) is 11.2 Å². The number of hydrogen-bond donors (Lipinski definition) is 0. The van der Waals surface area contributed by atoms with Crippen LogP contribution in [-0.4, -0.2) is 21.7 Å². The van der Waals surface area contributed by atoms with E-state index in [1.807, 2.05) is 4.52 Å². The van der Waals surface area contributed by atoms with Crippen molar-refractivity contribution in [2.45, 2.75) is 26.9 Å². The molecule has 0 unspecified atom stereocenters. The second-order valence-electron chi connectivity index (χ2n) is 3.68. The Morgan fingerprint density at radius 1 is 1.50 bits per heavy atom. The van der Waals surface area contributed by atoms with E-state index in [1.165, 1.54) is 11.1 Å². The van der Waals surface area contributed by atoms with Crippen LogP contribution in [0, 0.1) is 6.92 Å². The van der Waals surface area contributed by atoms with E-state index in [0.29, 0.717) is 12.4 Å². The molecule has 5 heteroatoms. The molecule has 0 bridgehead atoms. The van der Waals surface area contributed by atoms with Crippen molar-refractivity contribution in [2.75, 3.05) is 7.11 Å². The molecule has 16 heavy (non-hydrogen) atoms. The molecular formula is C11H14BrN3O. The molecule has 0 fully saturated rings. The zero-order valence-corrected chi connectivity index (χ0v) is 11.2. The molecule has 4 nitrogen and oxygen atoms in total. The molecule has 86 valence electrons. The monoisotopic (exact) mass is 283 g/mol. The number of ether oxygens (including phenoxy) is 1. The largest absolute Gasteiger partial charge is 0.377 e. The molecular weight excluding hydrogens is 270 g/mol. The minimum Gasteiger partial charge on any atom is -0.377 e. The first-order valence-corrected chi connectivity index (χ1v) is 5.99. The SMILES string of the molecule is CCc1c(C)cc2nc(COC)nn2c1Br. The summed E-state index contributed by atoms with van der Waals surface area (Å²) in [7, 11) is 1.64. The fraction of sp³-hybridized carbons (Fsp3) is 0.455. The highest BCUT2D eigenvalue weighted by Gasteiger charge is 2.11. The summed E-state index contributed by atoms with van der Waals surface area (Å²) in [5.74, 6) is 0.704. The molecule has 0 amide bonds. The number of hydrogen-bond acceptors (Lipinski definition) is 3. The van der Waals surface area contributed by atoms with Gasteiger partial charge in [0.05, 0.1) is 0 Å². The summed E-state index contributed by atoms with van der Waals surface area (Å²) >= 11 is 3.58. The van der Waals surface area contributed by atoms with Crippen LogP contribution in [0.5, 0.6) is 0 Å². The lowest BCUT2D eigenvalue weighted by Crippen LogP contribution is -1.98. The van der Waals surface area contributed by atoms with Crippen molar-refractivity contribution in [1.82, 2.24) is 14.6 Å². The average Bonchev–Trinajstić information content (AvgIpc) is 2.62. The molecule has 0 N–H and O–H groups in total. The summed E-state index contributed by atoms with van der Waals surface area (Å²) in [4.78, 5) is 4.40. The second kappa shape index (κ2) is 4.51. The van der Waals surface area contributed by atoms with Crippen molar-refractivity contribution in [2.24, 2.45) is 0 Å². The summed E-state index contributed by atoms with van der Waals surface area (Å²) < 4.78 is 7.84. The predicted molar refractivity (Wildman–Crippen MR) is 65.5 cm³/mol. The number of aromatic nitrogens is 3. The molecule has 0 atom stereocenters. The highest BCUT2D eigenvalue weighted by atomic mass is 79.9. The Morgan fingerprint density at radius 2 is 2.25 bits per heavy atom. The number of nitrogens with zero attached hydrogens (tertiary/aromatic N) is 3. The van der Waals surface area contributed by atoms with Crippen molar-refractivity contribution in [3.8, 4) is 0 Å². The second-order valence-corrected chi connectivity index (χ2v) is 4.43. The minimum absolute atomic E-state index is 0.439. The molecule has 0 radical (unpaired) electrons. The first-order chi connectivity index (χ1) is 7.67. The van der Waals surface area contributed by atoms with Gasteiger partial charge in [0.2, 0.25) is 0 Å². The summed E-state index contributed by atoms with van der Waals surface area (Å²) in [5, 5.41) is 4.39. The molecule has 2 heterocycles. The van der Waals surface area contributed by atoms with E-state index in [-0.39, 0.29) is 0 Å². The number of rotatable bonds is 3. The van der Waals surface area contributed by atoms with E-state index in [4.69, 9.17) is 4.74 Å². The highest BCUT2D eigenvalue weighted by Crippen LogP contribution is 2.22. The molecule has 0 aromatic carbocycles. The maximum Gasteiger partial charge on any atom is 0.177 e. The minimum atomic E-state index is 0.439. The summed E-state index contributed by atoms with van der Waals surface area (Å²) in [6.07, 6.45) is 0.974. The molecule has 0 spiro atoms. The van der Waals surface area contributed by atoms with E-state index in [9.17, 15) is 0 Å². The smallest absolute Gasteiger partial charge is 0.177 e. The van der Waals surface area contributed by atoms with Gasteiger partial charge in [-0.25, -0.2) is 9.50 Å². The van der Waals surface area contributed by atoms with Gasteiger partial charge in [0.15, 0.2) is 11.5 Å². The van der Waals surface area contributed by atoms with E-state index in [0.717, 1.165) is 16.7 Å². The first-order valence-electron chi connectivity index (χ1n) is 5.20. The normalized spacial score (nSPS) is 11.2. The van der Waals surface area contributed by atoms with Crippen LogP contribution in [0.15, 0.2) is 10.7 Å². The van der Waals surface area contributed by atoms with Gasteiger partial charge in [-0.1, -0.05) is 6.92 Å². The molecule has 2 rings (SSSR count). The van der Waals surface area contributed by atoms with Crippen LogP contribution in [0.1, 0.15) is 23.9 Å². The Kier molecular flexibility index (Phi) is 3.25. The molecule has 0 aliphatic carbocycles. The highest BCUT2D eigenvalue weighted by molar-refractivity contribution is 9.10. The number of fused-ring (bicyclic) bond motifs is 1. The van der Waals surface area contributed by atoms with Gasteiger partial charge >= 0.3 is 0 Å². The molecule has 2 aromatic heterocycles. The molecule has 0 aliphatic heterocycles. The van der Waals surface area contributed by atoms with Crippen LogP contribution in [-0.2, 0) is 17.8 Å². The average molecular weight is 284 g/mol. The third-order valence-electron chi connectivity index (χ3n) is 2.56. The van der Waals surface area contributed by atoms with Crippen molar-refractivity contribution in [3.63, 3.8) is 0 Å². The summed E-state index contributed by atoms with van der Waals surface area (Å²) in [6, 6.07) is 2.05.